The van der Waals surface area contributed by atoms with Crippen LogP contribution in [-0.4, -0.2) is 26.2 Å². The Kier molecular flexibility index (Phi) is 4.57. The van der Waals surface area contributed by atoms with E-state index in [4.69, 9.17) is 4.98 Å². The molecule has 0 amide bonds. The Morgan fingerprint density at radius 3 is 2.08 bits per heavy atom. The molecule has 0 aliphatic heterocycles. The standard InChI is InChI=1S/C20H17N3OS/c24-16-12-7-13-17(16)25-20-21-18(14-8-3-1-4-9-14)19(22-23-20)15-10-5-2-6-11-15/h1-6,8-11,17H,7,12-13H2/t17-/m0/s1. The van der Waals surface area contributed by atoms with E-state index in [1.807, 2.05) is 60.7 Å². The van der Waals surface area contributed by atoms with Gasteiger partial charge < -0.3 is 0 Å². The van der Waals surface area contributed by atoms with Gasteiger partial charge in [-0.25, -0.2) is 4.98 Å². The number of hydrogen-bond donors (Lipinski definition) is 0. The lowest BCUT2D eigenvalue weighted by atomic mass is 10.0. The summed E-state index contributed by atoms with van der Waals surface area (Å²) in [7, 11) is 0. The largest absolute Gasteiger partial charge is 0.298 e. The molecule has 1 fully saturated rings. The molecule has 4 nitrogen and oxygen atoms in total. The first-order valence-corrected chi connectivity index (χ1v) is 9.24. The first kappa shape index (κ1) is 16.0. The van der Waals surface area contributed by atoms with Crippen molar-refractivity contribution in [2.75, 3.05) is 0 Å². The van der Waals surface area contributed by atoms with Crippen LogP contribution < -0.4 is 0 Å². The van der Waals surface area contributed by atoms with Gasteiger partial charge in [-0.3, -0.25) is 4.79 Å². The third kappa shape index (κ3) is 3.46. The fourth-order valence-corrected chi connectivity index (χ4v) is 4.00. The summed E-state index contributed by atoms with van der Waals surface area (Å²) in [5.74, 6) is 0.294. The summed E-state index contributed by atoms with van der Waals surface area (Å²) in [6.07, 6.45) is 2.52. The van der Waals surface area contributed by atoms with Gasteiger partial charge in [0.15, 0.2) is 0 Å². The minimum absolute atomic E-state index is 0.0343. The van der Waals surface area contributed by atoms with Gasteiger partial charge in [0.25, 0.3) is 0 Å². The number of aromatic nitrogens is 3. The van der Waals surface area contributed by atoms with E-state index in [2.05, 4.69) is 10.2 Å². The zero-order chi connectivity index (χ0) is 17.1. The van der Waals surface area contributed by atoms with Crippen LogP contribution in [0.1, 0.15) is 19.3 Å². The van der Waals surface area contributed by atoms with Crippen molar-refractivity contribution in [3.8, 4) is 22.5 Å². The van der Waals surface area contributed by atoms with Crippen LogP contribution in [-0.2, 0) is 4.79 Å². The molecule has 5 heteroatoms. The van der Waals surface area contributed by atoms with Gasteiger partial charge in [0.05, 0.1) is 5.25 Å². The van der Waals surface area contributed by atoms with Gasteiger partial charge in [-0.2, -0.15) is 0 Å². The van der Waals surface area contributed by atoms with E-state index in [-0.39, 0.29) is 5.25 Å². The lowest BCUT2D eigenvalue weighted by Crippen LogP contribution is -2.10. The molecule has 0 radical (unpaired) electrons. The molecule has 2 aromatic carbocycles. The molecule has 1 saturated carbocycles. The molecule has 1 atom stereocenters. The Morgan fingerprint density at radius 2 is 1.48 bits per heavy atom. The molecular weight excluding hydrogens is 330 g/mol. The second-order valence-electron chi connectivity index (χ2n) is 5.99. The molecule has 0 bridgehead atoms. The number of carbonyl (C=O) groups is 1. The van der Waals surface area contributed by atoms with Crippen molar-refractivity contribution < 1.29 is 4.79 Å². The monoisotopic (exact) mass is 347 g/mol. The van der Waals surface area contributed by atoms with Crippen LogP contribution in [0.3, 0.4) is 0 Å². The van der Waals surface area contributed by atoms with Crippen molar-refractivity contribution in [1.29, 1.82) is 0 Å². The molecule has 1 heterocycles. The third-order valence-electron chi connectivity index (χ3n) is 4.26. The van der Waals surface area contributed by atoms with Gasteiger partial charge in [0, 0.05) is 17.5 Å². The van der Waals surface area contributed by atoms with Gasteiger partial charge in [-0.05, 0) is 12.8 Å². The summed E-state index contributed by atoms with van der Waals surface area (Å²) in [5, 5.41) is 9.27. The van der Waals surface area contributed by atoms with Crippen molar-refractivity contribution in [2.24, 2.45) is 0 Å². The van der Waals surface area contributed by atoms with Gasteiger partial charge in [0.2, 0.25) is 5.16 Å². The molecule has 25 heavy (non-hydrogen) atoms. The quantitative estimate of drug-likeness (QED) is 0.699. The fourth-order valence-electron chi connectivity index (χ4n) is 2.98. The minimum atomic E-state index is -0.0343. The number of Topliss-reactive ketones (excluding diaryl/α,β-unsaturated/α-hetero) is 1. The van der Waals surface area contributed by atoms with Crippen LogP contribution in [0.2, 0.25) is 0 Å². The molecular formula is C20H17N3OS. The van der Waals surface area contributed by atoms with Crippen LogP contribution in [0.4, 0.5) is 0 Å². The summed E-state index contributed by atoms with van der Waals surface area (Å²) in [6.45, 7) is 0. The normalized spacial score (nSPS) is 17.0. The highest BCUT2D eigenvalue weighted by molar-refractivity contribution is 8.00. The smallest absolute Gasteiger partial charge is 0.210 e. The van der Waals surface area contributed by atoms with Gasteiger partial charge >= 0.3 is 0 Å². The molecule has 0 saturated heterocycles. The van der Waals surface area contributed by atoms with E-state index in [1.54, 1.807) is 0 Å². The maximum Gasteiger partial charge on any atom is 0.210 e. The number of ketones is 1. The second kappa shape index (κ2) is 7.15. The molecule has 124 valence electrons. The average molecular weight is 347 g/mol. The Balaban J connectivity index is 1.76. The molecule has 0 spiro atoms. The number of benzene rings is 2. The van der Waals surface area contributed by atoms with Crippen molar-refractivity contribution >= 4 is 17.5 Å². The summed E-state index contributed by atoms with van der Waals surface area (Å²) in [4.78, 5) is 16.7. The topological polar surface area (TPSA) is 55.7 Å². The van der Waals surface area contributed by atoms with E-state index in [0.29, 0.717) is 17.4 Å². The molecule has 3 aromatic rings. The third-order valence-corrected chi connectivity index (χ3v) is 5.42. The predicted octanol–water partition coefficient (Wildman–Crippen LogP) is 4.42. The second-order valence-corrected chi connectivity index (χ2v) is 7.16. The zero-order valence-corrected chi connectivity index (χ0v) is 14.4. The number of hydrogen-bond acceptors (Lipinski definition) is 5. The van der Waals surface area contributed by atoms with E-state index in [1.165, 1.54) is 11.8 Å². The number of thioether (sulfide) groups is 1. The zero-order valence-electron chi connectivity index (χ0n) is 13.6. The first-order valence-electron chi connectivity index (χ1n) is 8.36. The Morgan fingerprint density at radius 1 is 0.840 bits per heavy atom. The molecule has 4 rings (SSSR count). The van der Waals surface area contributed by atoms with Gasteiger partial charge in [-0.15, -0.1) is 10.2 Å². The van der Waals surface area contributed by atoms with Crippen LogP contribution in [0, 0.1) is 0 Å². The number of carbonyl (C=O) groups excluding carboxylic acids is 1. The molecule has 1 aliphatic rings. The van der Waals surface area contributed by atoms with Gasteiger partial charge in [0.1, 0.15) is 17.2 Å². The Bertz CT molecular complexity index is 884. The first-order chi connectivity index (χ1) is 12.3. The van der Waals surface area contributed by atoms with Gasteiger partial charge in [-0.1, -0.05) is 72.4 Å². The van der Waals surface area contributed by atoms with E-state index in [0.717, 1.165) is 35.4 Å². The van der Waals surface area contributed by atoms with Crippen LogP contribution in [0.15, 0.2) is 65.8 Å². The predicted molar refractivity (Wildman–Crippen MR) is 99.2 cm³/mol. The summed E-state index contributed by atoms with van der Waals surface area (Å²) >= 11 is 1.44. The van der Waals surface area contributed by atoms with Crippen LogP contribution in [0.5, 0.6) is 0 Å². The van der Waals surface area contributed by atoms with Crippen LogP contribution >= 0.6 is 11.8 Å². The van der Waals surface area contributed by atoms with Crippen molar-refractivity contribution in [3.05, 3.63) is 60.7 Å². The minimum Gasteiger partial charge on any atom is -0.298 e. The maximum absolute atomic E-state index is 11.9. The van der Waals surface area contributed by atoms with E-state index >= 15 is 0 Å². The highest BCUT2D eigenvalue weighted by atomic mass is 32.2. The Labute approximate surface area is 150 Å². The molecule has 1 aromatic heterocycles. The summed E-state index contributed by atoms with van der Waals surface area (Å²) < 4.78 is 0. The fraction of sp³-hybridized carbons (Fsp3) is 0.200. The highest BCUT2D eigenvalue weighted by Gasteiger charge is 2.27. The summed E-state index contributed by atoms with van der Waals surface area (Å²) in [6, 6.07) is 19.9. The Hall–Kier alpha value is -2.53. The number of nitrogens with zero attached hydrogens (tertiary/aromatic N) is 3. The molecule has 0 N–H and O–H groups in total. The van der Waals surface area contributed by atoms with E-state index < -0.39 is 0 Å². The van der Waals surface area contributed by atoms with Crippen molar-refractivity contribution in [3.63, 3.8) is 0 Å². The lowest BCUT2D eigenvalue weighted by Gasteiger charge is -2.11. The average Bonchev–Trinajstić information content (AvgIpc) is 3.08. The van der Waals surface area contributed by atoms with E-state index in [9.17, 15) is 4.79 Å². The lowest BCUT2D eigenvalue weighted by molar-refractivity contribution is -0.116. The SMILES string of the molecule is O=C1CCC[C@@H]1Sc1nnc(-c2ccccc2)c(-c2ccccc2)n1. The van der Waals surface area contributed by atoms with Crippen molar-refractivity contribution in [2.45, 2.75) is 29.7 Å². The molecule has 1 aliphatic carbocycles. The van der Waals surface area contributed by atoms with Crippen LogP contribution in [0.25, 0.3) is 22.5 Å². The maximum atomic E-state index is 11.9. The van der Waals surface area contributed by atoms with Crippen molar-refractivity contribution in [1.82, 2.24) is 15.2 Å². The number of rotatable bonds is 4. The highest BCUT2D eigenvalue weighted by Crippen LogP contribution is 2.33. The molecule has 0 unspecified atom stereocenters. The summed E-state index contributed by atoms with van der Waals surface area (Å²) in [5.41, 5.74) is 3.54.